The summed E-state index contributed by atoms with van der Waals surface area (Å²) in [5, 5.41) is 13.4. The first-order chi connectivity index (χ1) is 9.50. The van der Waals surface area contributed by atoms with E-state index in [0.29, 0.717) is 4.47 Å². The molecule has 0 fully saturated rings. The zero-order chi connectivity index (χ0) is 14.7. The zero-order valence-corrected chi connectivity index (χ0v) is 12.2. The van der Waals surface area contributed by atoms with E-state index in [2.05, 4.69) is 26.2 Å². The van der Waals surface area contributed by atoms with Crippen molar-refractivity contribution >= 4 is 44.9 Å². The minimum atomic E-state index is -0.693. The average Bonchev–Trinajstić information content (AvgIpc) is 2.40. The predicted molar refractivity (Wildman–Crippen MR) is 78.0 cm³/mol. The van der Waals surface area contributed by atoms with Gasteiger partial charge in [0.05, 0.1) is 14.4 Å². The molecule has 1 aromatic carbocycles. The number of benzene rings is 1. The van der Waals surface area contributed by atoms with E-state index in [0.717, 1.165) is 0 Å². The Morgan fingerprint density at radius 2 is 2.10 bits per heavy atom. The van der Waals surface area contributed by atoms with Crippen molar-refractivity contribution in [3.05, 3.63) is 61.7 Å². The number of carbonyl (C=O) groups is 1. The molecule has 0 unspecified atom stereocenters. The number of amides is 1. The van der Waals surface area contributed by atoms with Crippen LogP contribution in [-0.2, 0) is 0 Å². The number of hydrogen-bond acceptors (Lipinski definition) is 4. The first kappa shape index (κ1) is 14.4. The van der Waals surface area contributed by atoms with Gasteiger partial charge in [0, 0.05) is 12.3 Å². The van der Waals surface area contributed by atoms with Crippen LogP contribution in [0.5, 0.6) is 0 Å². The van der Waals surface area contributed by atoms with Gasteiger partial charge in [-0.3, -0.25) is 14.9 Å². The van der Waals surface area contributed by atoms with Crippen LogP contribution in [0, 0.1) is 10.1 Å². The van der Waals surface area contributed by atoms with Crippen LogP contribution in [0.25, 0.3) is 0 Å². The van der Waals surface area contributed by atoms with Crippen molar-refractivity contribution in [2.45, 2.75) is 0 Å². The zero-order valence-electron chi connectivity index (χ0n) is 9.84. The van der Waals surface area contributed by atoms with E-state index < -0.39 is 10.8 Å². The van der Waals surface area contributed by atoms with Gasteiger partial charge in [-0.05, 0) is 34.1 Å². The highest BCUT2D eigenvalue weighted by molar-refractivity contribution is 9.10. The second kappa shape index (κ2) is 5.98. The van der Waals surface area contributed by atoms with Gasteiger partial charge in [0.1, 0.15) is 11.4 Å². The van der Waals surface area contributed by atoms with Crippen LogP contribution < -0.4 is 5.32 Å². The number of halogens is 2. The second-order valence-corrected chi connectivity index (χ2v) is 4.94. The third kappa shape index (κ3) is 2.94. The molecular formula is C12H7BrClN3O3. The molecule has 0 aliphatic carbocycles. The average molecular weight is 357 g/mol. The number of nitrogens with one attached hydrogen (secondary N) is 1. The molecule has 20 heavy (non-hydrogen) atoms. The van der Waals surface area contributed by atoms with E-state index >= 15 is 0 Å². The fourth-order valence-electron chi connectivity index (χ4n) is 1.54. The Balaban J connectivity index is 2.40. The number of nitro benzene ring substituents is 1. The van der Waals surface area contributed by atoms with Crippen LogP contribution in [0.15, 0.2) is 41.0 Å². The molecule has 102 valence electrons. The number of nitro groups is 1. The Hall–Kier alpha value is -1.99. The third-order valence-corrected chi connectivity index (χ3v) is 3.36. The highest BCUT2D eigenvalue weighted by Crippen LogP contribution is 2.28. The molecule has 1 N–H and O–H groups in total. The first-order valence-corrected chi connectivity index (χ1v) is 6.52. The maximum Gasteiger partial charge on any atom is 0.283 e. The molecule has 2 rings (SSSR count). The van der Waals surface area contributed by atoms with Crippen LogP contribution in [0.1, 0.15) is 10.4 Å². The summed E-state index contributed by atoms with van der Waals surface area (Å²) < 4.78 is 0.558. The molecule has 0 bridgehead atoms. The maximum absolute atomic E-state index is 12.2. The Labute approximate surface area is 127 Å². The molecular weight excluding hydrogens is 350 g/mol. The molecule has 2 aromatic rings. The molecule has 8 heteroatoms. The maximum atomic E-state index is 12.2. The van der Waals surface area contributed by atoms with Crippen LogP contribution in [-0.4, -0.2) is 15.8 Å². The second-order valence-electron chi connectivity index (χ2n) is 3.68. The first-order valence-electron chi connectivity index (χ1n) is 5.35. The Bertz CT molecular complexity index is 693. The lowest BCUT2D eigenvalue weighted by Gasteiger charge is -2.07. The molecule has 0 saturated heterocycles. The molecule has 0 atom stereocenters. The van der Waals surface area contributed by atoms with Gasteiger partial charge in [-0.15, -0.1) is 0 Å². The minimum Gasteiger partial charge on any atom is -0.305 e. The summed E-state index contributed by atoms with van der Waals surface area (Å²) in [6, 6.07) is 7.40. The molecule has 1 heterocycles. The fraction of sp³-hybridized carbons (Fsp3) is 0. The lowest BCUT2D eigenvalue weighted by molar-refractivity contribution is -0.385. The van der Waals surface area contributed by atoms with Gasteiger partial charge in [0.15, 0.2) is 0 Å². The van der Waals surface area contributed by atoms with Crippen LogP contribution in [0.4, 0.5) is 11.5 Å². The van der Waals surface area contributed by atoms with Gasteiger partial charge in [-0.2, -0.15) is 0 Å². The van der Waals surface area contributed by atoms with Crippen molar-refractivity contribution in [1.82, 2.24) is 4.98 Å². The van der Waals surface area contributed by atoms with Gasteiger partial charge in [-0.25, -0.2) is 4.98 Å². The molecule has 0 radical (unpaired) electrons. The molecule has 0 spiro atoms. The topological polar surface area (TPSA) is 85.1 Å². The highest BCUT2D eigenvalue weighted by atomic mass is 79.9. The van der Waals surface area contributed by atoms with Gasteiger partial charge >= 0.3 is 0 Å². The van der Waals surface area contributed by atoms with Crippen LogP contribution >= 0.6 is 27.5 Å². The largest absolute Gasteiger partial charge is 0.305 e. The number of nitrogens with zero attached hydrogens (tertiary/aromatic N) is 2. The quantitative estimate of drug-likeness (QED) is 0.672. The fourth-order valence-corrected chi connectivity index (χ4v) is 2.15. The normalized spacial score (nSPS) is 10.1. The van der Waals surface area contributed by atoms with Crippen molar-refractivity contribution < 1.29 is 9.72 Å². The number of aromatic nitrogens is 1. The van der Waals surface area contributed by atoms with E-state index in [9.17, 15) is 14.9 Å². The van der Waals surface area contributed by atoms with E-state index in [1.54, 1.807) is 12.1 Å². The SMILES string of the molecule is O=C(Nc1ncccc1Br)c1c(Cl)cccc1[N+](=O)[O-]. The molecule has 1 aromatic heterocycles. The van der Waals surface area contributed by atoms with Gasteiger partial charge in [0.25, 0.3) is 11.6 Å². The van der Waals surface area contributed by atoms with Crippen molar-refractivity contribution in [2.24, 2.45) is 0 Å². The third-order valence-electron chi connectivity index (χ3n) is 2.41. The number of hydrogen-bond donors (Lipinski definition) is 1. The summed E-state index contributed by atoms with van der Waals surface area (Å²) in [6.07, 6.45) is 1.49. The summed E-state index contributed by atoms with van der Waals surface area (Å²) in [4.78, 5) is 26.4. The van der Waals surface area contributed by atoms with E-state index in [4.69, 9.17) is 11.6 Å². The predicted octanol–water partition coefficient (Wildman–Crippen LogP) is 3.66. The van der Waals surface area contributed by atoms with Gasteiger partial charge in [-0.1, -0.05) is 17.7 Å². The monoisotopic (exact) mass is 355 g/mol. The van der Waals surface area contributed by atoms with Crippen LogP contribution in [0.3, 0.4) is 0 Å². The Kier molecular flexibility index (Phi) is 4.31. The Morgan fingerprint density at radius 3 is 2.75 bits per heavy atom. The number of rotatable bonds is 3. The lowest BCUT2D eigenvalue weighted by atomic mass is 10.1. The minimum absolute atomic E-state index is 0.00348. The lowest BCUT2D eigenvalue weighted by Crippen LogP contribution is -2.15. The summed E-state index contributed by atoms with van der Waals surface area (Å²) in [6.45, 7) is 0. The van der Waals surface area contributed by atoms with Crippen LogP contribution in [0.2, 0.25) is 5.02 Å². The summed E-state index contributed by atoms with van der Waals surface area (Å²) in [5.74, 6) is -0.437. The smallest absolute Gasteiger partial charge is 0.283 e. The van der Waals surface area contributed by atoms with Crippen molar-refractivity contribution in [1.29, 1.82) is 0 Å². The summed E-state index contributed by atoms with van der Waals surface area (Å²) in [7, 11) is 0. The Morgan fingerprint density at radius 1 is 1.35 bits per heavy atom. The summed E-state index contributed by atoms with van der Waals surface area (Å²) >= 11 is 9.10. The van der Waals surface area contributed by atoms with Gasteiger partial charge < -0.3 is 5.32 Å². The van der Waals surface area contributed by atoms with Gasteiger partial charge in [0.2, 0.25) is 0 Å². The number of pyridine rings is 1. The molecule has 1 amide bonds. The molecule has 6 nitrogen and oxygen atoms in total. The van der Waals surface area contributed by atoms with Crippen molar-refractivity contribution in [3.63, 3.8) is 0 Å². The standard InChI is InChI=1S/C12H7BrClN3O3/c13-7-3-2-6-15-11(7)16-12(18)10-8(14)4-1-5-9(10)17(19)20/h1-6H,(H,15,16,18). The molecule has 0 aliphatic rings. The van der Waals surface area contributed by atoms with Crippen molar-refractivity contribution in [2.75, 3.05) is 5.32 Å². The van der Waals surface area contributed by atoms with Crippen molar-refractivity contribution in [3.8, 4) is 0 Å². The number of carbonyl (C=O) groups excluding carboxylic acids is 1. The number of anilines is 1. The van der Waals surface area contributed by atoms with E-state index in [1.807, 2.05) is 0 Å². The van der Waals surface area contributed by atoms with E-state index in [-0.39, 0.29) is 22.1 Å². The highest BCUT2D eigenvalue weighted by Gasteiger charge is 2.23. The van der Waals surface area contributed by atoms with E-state index in [1.165, 1.54) is 24.4 Å². The molecule has 0 aliphatic heterocycles. The summed E-state index contributed by atoms with van der Waals surface area (Å²) in [5.41, 5.74) is -0.557. The molecule has 0 saturated carbocycles.